The largest absolute Gasteiger partial charge is 0.475 e. The number of rotatable bonds is 5. The molecule has 0 saturated carbocycles. The zero-order valence-corrected chi connectivity index (χ0v) is 13.3. The Bertz CT molecular complexity index is 537. The molecule has 1 saturated heterocycles. The van der Waals surface area contributed by atoms with E-state index in [1.807, 2.05) is 0 Å². The van der Waals surface area contributed by atoms with E-state index < -0.39 is 18.1 Å². The van der Waals surface area contributed by atoms with Crippen molar-refractivity contribution in [1.29, 1.82) is 0 Å². The Morgan fingerprint density at radius 1 is 1.42 bits per heavy atom. The van der Waals surface area contributed by atoms with Crippen LogP contribution in [0.4, 0.5) is 23.7 Å². The van der Waals surface area contributed by atoms with Gasteiger partial charge in [-0.2, -0.15) is 13.2 Å². The van der Waals surface area contributed by atoms with Crippen LogP contribution in [0.3, 0.4) is 0 Å². The molecule has 1 aliphatic rings. The third-order valence-corrected chi connectivity index (χ3v) is 3.70. The maximum Gasteiger partial charge on any atom is 0.393 e. The summed E-state index contributed by atoms with van der Waals surface area (Å²) < 4.78 is 48.5. The minimum atomic E-state index is -4.28. The van der Waals surface area contributed by atoms with Crippen molar-refractivity contribution in [2.24, 2.45) is 5.92 Å². The predicted molar refractivity (Wildman–Crippen MR) is 81.0 cm³/mol. The van der Waals surface area contributed by atoms with E-state index in [0.29, 0.717) is 37.7 Å². The molecule has 24 heavy (non-hydrogen) atoms. The van der Waals surface area contributed by atoms with Crippen LogP contribution in [0.2, 0.25) is 0 Å². The Kier molecular flexibility index (Phi) is 6.24. The minimum Gasteiger partial charge on any atom is -0.475 e. The molecule has 1 atom stereocenters. The lowest BCUT2D eigenvalue weighted by Gasteiger charge is -2.33. The van der Waals surface area contributed by atoms with E-state index in [9.17, 15) is 18.0 Å². The second-order valence-corrected chi connectivity index (χ2v) is 5.48. The minimum absolute atomic E-state index is 0.0579. The van der Waals surface area contributed by atoms with Crippen LogP contribution in [0.15, 0.2) is 18.3 Å². The normalized spacial score (nSPS) is 18.3. The fourth-order valence-electron chi connectivity index (χ4n) is 2.40. The number of hydrogen-bond donors (Lipinski definition) is 1. The van der Waals surface area contributed by atoms with Crippen LogP contribution in [0.1, 0.15) is 12.8 Å². The third-order valence-electron chi connectivity index (χ3n) is 3.70. The number of amides is 2. The number of aromatic nitrogens is 1. The van der Waals surface area contributed by atoms with Gasteiger partial charge in [-0.15, -0.1) is 0 Å². The lowest BCUT2D eigenvalue weighted by molar-refractivity contribution is -0.183. The van der Waals surface area contributed by atoms with Gasteiger partial charge < -0.3 is 19.7 Å². The number of halogens is 3. The van der Waals surface area contributed by atoms with Gasteiger partial charge in [-0.1, -0.05) is 0 Å². The second kappa shape index (κ2) is 8.18. The molecule has 0 aromatic carbocycles. The predicted octanol–water partition coefficient (Wildman–Crippen LogP) is 2.91. The number of pyridine rings is 1. The van der Waals surface area contributed by atoms with Gasteiger partial charge >= 0.3 is 12.2 Å². The summed E-state index contributed by atoms with van der Waals surface area (Å²) in [5.41, 5.74) is 0.397. The molecule has 9 heteroatoms. The van der Waals surface area contributed by atoms with Crippen molar-refractivity contribution in [3.63, 3.8) is 0 Å². The first-order chi connectivity index (χ1) is 11.4. The number of urea groups is 1. The highest BCUT2D eigenvalue weighted by atomic mass is 19.4. The molecule has 0 spiro atoms. The Morgan fingerprint density at radius 3 is 2.83 bits per heavy atom. The summed E-state index contributed by atoms with van der Waals surface area (Å²) >= 11 is 0. The Labute approximate surface area is 137 Å². The zero-order chi connectivity index (χ0) is 17.6. The van der Waals surface area contributed by atoms with Crippen LogP contribution in [-0.2, 0) is 4.74 Å². The van der Waals surface area contributed by atoms with E-state index in [-0.39, 0.29) is 13.0 Å². The van der Waals surface area contributed by atoms with Gasteiger partial charge in [0.15, 0.2) is 0 Å². The third kappa shape index (κ3) is 5.26. The summed E-state index contributed by atoms with van der Waals surface area (Å²) in [7, 11) is 1.55. The molecule has 6 nitrogen and oxygen atoms in total. The molecule has 1 aromatic heterocycles. The molecular formula is C15H20F3N3O3. The summed E-state index contributed by atoms with van der Waals surface area (Å²) in [5, 5.41) is 2.56. The molecule has 1 aliphatic heterocycles. The van der Waals surface area contributed by atoms with E-state index >= 15 is 0 Å². The van der Waals surface area contributed by atoms with Gasteiger partial charge in [-0.3, -0.25) is 0 Å². The summed E-state index contributed by atoms with van der Waals surface area (Å²) in [4.78, 5) is 17.3. The van der Waals surface area contributed by atoms with Crippen molar-refractivity contribution in [1.82, 2.24) is 9.88 Å². The van der Waals surface area contributed by atoms with E-state index in [4.69, 9.17) is 9.47 Å². The Hall–Kier alpha value is -2.03. The number of alkyl halides is 3. The average molecular weight is 347 g/mol. The van der Waals surface area contributed by atoms with Gasteiger partial charge in [0.25, 0.3) is 0 Å². The highest BCUT2D eigenvalue weighted by molar-refractivity contribution is 5.89. The standard InChI is InChI=1S/C15H20F3N3O3/c1-23-7-8-24-13-5-4-12(9-19-13)20-14(22)21-6-2-3-11(10-21)15(16,17)18/h4-5,9,11H,2-3,6-8,10H2,1H3,(H,20,22). The number of anilines is 1. The number of nitrogens with one attached hydrogen (secondary N) is 1. The monoisotopic (exact) mass is 347 g/mol. The molecule has 0 radical (unpaired) electrons. The smallest absolute Gasteiger partial charge is 0.393 e. The van der Waals surface area contributed by atoms with E-state index in [0.717, 1.165) is 0 Å². The van der Waals surface area contributed by atoms with Gasteiger partial charge in [0.2, 0.25) is 5.88 Å². The molecule has 1 aromatic rings. The molecule has 2 amide bonds. The Morgan fingerprint density at radius 2 is 2.21 bits per heavy atom. The maximum absolute atomic E-state index is 12.8. The lowest BCUT2D eigenvalue weighted by atomic mass is 9.98. The number of ether oxygens (including phenoxy) is 2. The van der Waals surface area contributed by atoms with E-state index in [1.54, 1.807) is 19.2 Å². The first-order valence-electron chi connectivity index (χ1n) is 7.60. The van der Waals surface area contributed by atoms with Crippen LogP contribution in [0.5, 0.6) is 5.88 Å². The Balaban J connectivity index is 1.87. The van der Waals surface area contributed by atoms with Crippen molar-refractivity contribution in [3.05, 3.63) is 18.3 Å². The molecule has 2 rings (SSSR count). The highest BCUT2D eigenvalue weighted by Crippen LogP contribution is 2.33. The van der Waals surface area contributed by atoms with Gasteiger partial charge in [-0.05, 0) is 18.9 Å². The van der Waals surface area contributed by atoms with Gasteiger partial charge in [0.05, 0.1) is 24.4 Å². The molecule has 2 heterocycles. The molecule has 0 bridgehead atoms. The number of carbonyl (C=O) groups excluding carboxylic acids is 1. The van der Waals surface area contributed by atoms with E-state index in [2.05, 4.69) is 10.3 Å². The van der Waals surface area contributed by atoms with Gasteiger partial charge in [0.1, 0.15) is 6.61 Å². The van der Waals surface area contributed by atoms with Crippen molar-refractivity contribution < 1.29 is 27.4 Å². The average Bonchev–Trinajstić information content (AvgIpc) is 2.56. The van der Waals surface area contributed by atoms with Crippen LogP contribution in [0.25, 0.3) is 0 Å². The molecule has 0 aliphatic carbocycles. The fourth-order valence-corrected chi connectivity index (χ4v) is 2.40. The zero-order valence-electron chi connectivity index (χ0n) is 13.3. The topological polar surface area (TPSA) is 63.7 Å². The summed E-state index contributed by atoms with van der Waals surface area (Å²) in [6.45, 7) is 0.766. The fraction of sp³-hybridized carbons (Fsp3) is 0.600. The first-order valence-corrected chi connectivity index (χ1v) is 7.60. The molecule has 1 fully saturated rings. The van der Waals surface area contributed by atoms with Crippen LogP contribution in [0, 0.1) is 5.92 Å². The van der Waals surface area contributed by atoms with Crippen molar-refractivity contribution >= 4 is 11.7 Å². The number of nitrogens with zero attached hydrogens (tertiary/aromatic N) is 2. The number of carbonyl (C=O) groups is 1. The summed E-state index contributed by atoms with van der Waals surface area (Å²) in [6, 6.07) is 2.59. The number of likely N-dealkylation sites (tertiary alicyclic amines) is 1. The van der Waals surface area contributed by atoms with Crippen molar-refractivity contribution in [2.45, 2.75) is 19.0 Å². The molecule has 134 valence electrons. The lowest BCUT2D eigenvalue weighted by Crippen LogP contribution is -2.46. The SMILES string of the molecule is COCCOc1ccc(NC(=O)N2CCCC(C(F)(F)F)C2)cn1. The summed E-state index contributed by atoms with van der Waals surface area (Å²) in [6.07, 6.45) is -2.49. The van der Waals surface area contributed by atoms with Gasteiger partial charge in [0, 0.05) is 26.3 Å². The number of piperidine rings is 1. The maximum atomic E-state index is 12.8. The van der Waals surface area contributed by atoms with Crippen LogP contribution in [-0.4, -0.2) is 55.5 Å². The van der Waals surface area contributed by atoms with Crippen molar-refractivity contribution in [2.75, 3.05) is 38.7 Å². The molecule has 1 N–H and O–H groups in total. The number of methoxy groups -OCH3 is 1. The molecular weight excluding hydrogens is 327 g/mol. The second-order valence-electron chi connectivity index (χ2n) is 5.48. The van der Waals surface area contributed by atoms with Crippen LogP contribution >= 0.6 is 0 Å². The van der Waals surface area contributed by atoms with Crippen LogP contribution < -0.4 is 10.1 Å². The van der Waals surface area contributed by atoms with Gasteiger partial charge in [-0.25, -0.2) is 9.78 Å². The highest BCUT2D eigenvalue weighted by Gasteiger charge is 2.42. The number of hydrogen-bond acceptors (Lipinski definition) is 4. The van der Waals surface area contributed by atoms with E-state index in [1.165, 1.54) is 11.1 Å². The molecule has 1 unspecified atom stereocenters. The van der Waals surface area contributed by atoms with Crippen molar-refractivity contribution in [3.8, 4) is 5.88 Å². The first kappa shape index (κ1) is 18.3. The quantitative estimate of drug-likeness (QED) is 0.832. The summed E-state index contributed by atoms with van der Waals surface area (Å²) in [5.74, 6) is -1.09.